The number of carbonyl (C=O) groups is 3. The van der Waals surface area contributed by atoms with Gasteiger partial charge in [-0.25, -0.2) is 4.79 Å². The predicted molar refractivity (Wildman–Crippen MR) is 131 cm³/mol. The average molecular weight is 467 g/mol. The van der Waals surface area contributed by atoms with Gasteiger partial charge in [-0.05, 0) is 40.5 Å². The molecule has 0 fully saturated rings. The molecule has 0 radical (unpaired) electrons. The number of alkyl carbamates (subject to hydrolysis) is 1. The van der Waals surface area contributed by atoms with Gasteiger partial charge in [-0.2, -0.15) is 0 Å². The molecule has 0 saturated carbocycles. The minimum atomic E-state index is -0.816. The number of hydrogen-bond donors (Lipinski definition) is 3. The zero-order chi connectivity index (χ0) is 24.7. The molecule has 3 rings (SSSR count). The zero-order valence-corrected chi connectivity index (χ0v) is 20.1. The van der Waals surface area contributed by atoms with Crippen molar-refractivity contribution in [2.75, 3.05) is 13.2 Å². The fourth-order valence-electron chi connectivity index (χ4n) is 4.32. The van der Waals surface area contributed by atoms with E-state index in [4.69, 9.17) is 9.84 Å². The second-order valence-electron chi connectivity index (χ2n) is 9.76. The van der Waals surface area contributed by atoms with Crippen LogP contribution in [-0.4, -0.2) is 42.3 Å². The van der Waals surface area contributed by atoms with Crippen LogP contribution in [0, 0.1) is 5.41 Å². The molecule has 182 valence electrons. The summed E-state index contributed by atoms with van der Waals surface area (Å²) in [7, 11) is 0. The van der Waals surface area contributed by atoms with Gasteiger partial charge in [0.2, 0.25) is 5.91 Å². The number of amides is 2. The third kappa shape index (κ3) is 6.37. The van der Waals surface area contributed by atoms with E-state index in [9.17, 15) is 14.4 Å². The Morgan fingerprint density at radius 2 is 1.53 bits per heavy atom. The third-order valence-electron chi connectivity index (χ3n) is 6.10. The minimum absolute atomic E-state index is 0.0501. The molecule has 7 nitrogen and oxygen atoms in total. The largest absolute Gasteiger partial charge is 0.481 e. The number of rotatable bonds is 10. The maximum Gasteiger partial charge on any atom is 0.407 e. The Hall–Kier alpha value is -3.35. The number of fused-ring (bicyclic) bond motifs is 3. The van der Waals surface area contributed by atoms with E-state index in [1.807, 2.05) is 45.0 Å². The maximum absolute atomic E-state index is 12.8. The first-order valence-corrected chi connectivity index (χ1v) is 11.8. The molecule has 1 unspecified atom stereocenters. The van der Waals surface area contributed by atoms with Crippen LogP contribution in [0.5, 0.6) is 0 Å². The Kier molecular flexibility index (Phi) is 8.31. The van der Waals surface area contributed by atoms with Gasteiger partial charge in [-0.3, -0.25) is 9.59 Å². The van der Waals surface area contributed by atoms with Gasteiger partial charge < -0.3 is 20.5 Å². The summed E-state index contributed by atoms with van der Waals surface area (Å²) >= 11 is 0. The highest BCUT2D eigenvalue weighted by molar-refractivity contribution is 5.86. The van der Waals surface area contributed by atoms with E-state index in [1.165, 1.54) is 0 Å². The standard InChI is InChI=1S/C27H34N2O5/c1-27(2,3)24(25(32)28-16-10-4-5-15-23(30)31)29-26(33)34-17-22-20-13-8-6-11-18(20)19-12-7-9-14-21(19)22/h6-9,11-14,22,24H,4-5,10,15-17H2,1-3H3,(H,28,32)(H,29,33)(H,30,31). The minimum Gasteiger partial charge on any atom is -0.481 e. The van der Waals surface area contributed by atoms with Gasteiger partial charge in [-0.15, -0.1) is 0 Å². The highest BCUT2D eigenvalue weighted by atomic mass is 16.5. The number of carboxylic acid groups (broad SMARTS) is 1. The van der Waals surface area contributed by atoms with Gasteiger partial charge in [0, 0.05) is 18.9 Å². The summed E-state index contributed by atoms with van der Waals surface area (Å²) in [5, 5.41) is 14.3. The Bertz CT molecular complexity index is 982. The van der Waals surface area contributed by atoms with Crippen LogP contribution in [0.1, 0.15) is 63.5 Å². The van der Waals surface area contributed by atoms with Gasteiger partial charge in [-0.1, -0.05) is 75.7 Å². The lowest BCUT2D eigenvalue weighted by Gasteiger charge is -2.30. The van der Waals surface area contributed by atoms with Crippen LogP contribution in [0.3, 0.4) is 0 Å². The van der Waals surface area contributed by atoms with E-state index in [0.29, 0.717) is 25.8 Å². The van der Waals surface area contributed by atoms with Gasteiger partial charge in [0.25, 0.3) is 0 Å². The number of ether oxygens (including phenoxy) is 1. The van der Waals surface area contributed by atoms with E-state index < -0.39 is 23.5 Å². The lowest BCUT2D eigenvalue weighted by Crippen LogP contribution is -2.53. The molecule has 34 heavy (non-hydrogen) atoms. The van der Waals surface area contributed by atoms with Gasteiger partial charge >= 0.3 is 12.1 Å². The molecular formula is C27H34N2O5. The molecule has 1 atom stereocenters. The number of carbonyl (C=O) groups excluding carboxylic acids is 2. The molecule has 0 aromatic heterocycles. The number of hydrogen-bond acceptors (Lipinski definition) is 4. The summed E-state index contributed by atoms with van der Waals surface area (Å²) in [5.74, 6) is -1.14. The molecule has 3 N–H and O–H groups in total. The van der Waals surface area contributed by atoms with E-state index >= 15 is 0 Å². The number of carboxylic acids is 1. The molecule has 0 spiro atoms. The van der Waals surface area contributed by atoms with Crippen LogP contribution in [0.15, 0.2) is 48.5 Å². The SMILES string of the molecule is CC(C)(C)C(NC(=O)OCC1c2ccccc2-c2ccccc21)C(=O)NCCCCCC(=O)O. The fraction of sp³-hybridized carbons (Fsp3) is 0.444. The number of aliphatic carboxylic acids is 1. The molecule has 0 aliphatic heterocycles. The van der Waals surface area contributed by atoms with Crippen LogP contribution < -0.4 is 10.6 Å². The van der Waals surface area contributed by atoms with Gasteiger partial charge in [0.15, 0.2) is 0 Å². The topological polar surface area (TPSA) is 105 Å². The van der Waals surface area contributed by atoms with Crippen LogP contribution in [0.4, 0.5) is 4.79 Å². The van der Waals surface area contributed by atoms with Crippen LogP contribution in [0.25, 0.3) is 11.1 Å². The highest BCUT2D eigenvalue weighted by Crippen LogP contribution is 2.44. The normalized spacial score (nSPS) is 13.5. The predicted octanol–water partition coefficient (Wildman–Crippen LogP) is 4.70. The lowest BCUT2D eigenvalue weighted by molar-refractivity contribution is -0.137. The second-order valence-corrected chi connectivity index (χ2v) is 9.76. The van der Waals surface area contributed by atoms with E-state index in [1.54, 1.807) is 0 Å². The van der Waals surface area contributed by atoms with Crippen molar-refractivity contribution in [2.45, 2.75) is 58.4 Å². The van der Waals surface area contributed by atoms with Crippen LogP contribution >= 0.6 is 0 Å². The van der Waals surface area contributed by atoms with Gasteiger partial charge in [0.1, 0.15) is 12.6 Å². The van der Waals surface area contributed by atoms with Crippen molar-refractivity contribution in [3.05, 3.63) is 59.7 Å². The molecule has 2 amide bonds. The molecule has 2 aromatic carbocycles. The Labute approximate surface area is 200 Å². The van der Waals surface area contributed by atoms with E-state index in [0.717, 1.165) is 22.3 Å². The molecule has 0 saturated heterocycles. The van der Waals surface area contributed by atoms with Gasteiger partial charge in [0.05, 0.1) is 0 Å². The Balaban J connectivity index is 1.55. The summed E-state index contributed by atoms with van der Waals surface area (Å²) in [6.07, 6.45) is 1.47. The maximum atomic E-state index is 12.8. The first-order chi connectivity index (χ1) is 16.2. The highest BCUT2D eigenvalue weighted by Gasteiger charge is 2.34. The summed E-state index contributed by atoms with van der Waals surface area (Å²) in [4.78, 5) is 36.1. The van der Waals surface area contributed by atoms with Crippen molar-refractivity contribution in [3.8, 4) is 11.1 Å². The fourth-order valence-corrected chi connectivity index (χ4v) is 4.32. The van der Waals surface area contributed by atoms with Crippen molar-refractivity contribution in [1.29, 1.82) is 0 Å². The van der Waals surface area contributed by atoms with Crippen LogP contribution in [-0.2, 0) is 14.3 Å². The van der Waals surface area contributed by atoms with Crippen LogP contribution in [0.2, 0.25) is 0 Å². The monoisotopic (exact) mass is 466 g/mol. The first kappa shape index (κ1) is 25.3. The van der Waals surface area contributed by atoms with Crippen molar-refractivity contribution >= 4 is 18.0 Å². The van der Waals surface area contributed by atoms with Crippen molar-refractivity contribution < 1.29 is 24.2 Å². The smallest absolute Gasteiger partial charge is 0.407 e. The quantitative estimate of drug-likeness (QED) is 0.440. The molecule has 0 bridgehead atoms. The average Bonchev–Trinajstić information content (AvgIpc) is 3.11. The molecule has 1 aliphatic carbocycles. The van der Waals surface area contributed by atoms with Crippen molar-refractivity contribution in [1.82, 2.24) is 10.6 Å². The molecule has 0 heterocycles. The van der Waals surface area contributed by atoms with Crippen molar-refractivity contribution in [3.63, 3.8) is 0 Å². The molecular weight excluding hydrogens is 432 g/mol. The Morgan fingerprint density at radius 1 is 0.941 bits per heavy atom. The molecule has 2 aromatic rings. The van der Waals surface area contributed by atoms with E-state index in [2.05, 4.69) is 34.9 Å². The Morgan fingerprint density at radius 3 is 2.09 bits per heavy atom. The summed E-state index contributed by atoms with van der Waals surface area (Å²) in [6.45, 7) is 6.26. The molecule has 7 heteroatoms. The number of benzene rings is 2. The summed E-state index contributed by atoms with van der Waals surface area (Å²) < 4.78 is 5.61. The lowest BCUT2D eigenvalue weighted by atomic mass is 9.86. The first-order valence-electron chi connectivity index (χ1n) is 11.8. The third-order valence-corrected chi connectivity index (χ3v) is 6.10. The number of nitrogens with one attached hydrogen (secondary N) is 2. The second kappa shape index (κ2) is 11.2. The summed E-state index contributed by atoms with van der Waals surface area (Å²) in [5.41, 5.74) is 4.05. The van der Waals surface area contributed by atoms with Crippen molar-refractivity contribution in [2.24, 2.45) is 5.41 Å². The number of unbranched alkanes of at least 4 members (excludes halogenated alkanes) is 2. The van der Waals surface area contributed by atoms with E-state index in [-0.39, 0.29) is 24.9 Å². The molecule has 1 aliphatic rings. The zero-order valence-electron chi connectivity index (χ0n) is 20.1. The summed E-state index contributed by atoms with van der Waals surface area (Å²) in [6, 6.07) is 15.5.